The van der Waals surface area contributed by atoms with E-state index in [-0.39, 0.29) is 30.7 Å². The minimum Gasteiger partial charge on any atom is -0.495 e. The van der Waals surface area contributed by atoms with E-state index in [0.29, 0.717) is 22.7 Å². The number of carbonyl (C=O) groups excluding carboxylic acids is 3. The SMILES string of the molecule is CNC(=O)c1c(C)cccc1NC(=O)C1CC(=O)N(c2ccccc2OC)C1. The molecule has 2 N–H and O–H groups in total. The first kappa shape index (κ1) is 19.4. The summed E-state index contributed by atoms with van der Waals surface area (Å²) >= 11 is 0. The first-order chi connectivity index (χ1) is 13.5. The van der Waals surface area contributed by atoms with Crippen LogP contribution in [0.5, 0.6) is 5.75 Å². The van der Waals surface area contributed by atoms with Crippen LogP contribution in [0, 0.1) is 12.8 Å². The molecular formula is C21H23N3O4. The number of ether oxygens (including phenoxy) is 1. The van der Waals surface area contributed by atoms with Crippen LogP contribution >= 0.6 is 0 Å². The highest BCUT2D eigenvalue weighted by Crippen LogP contribution is 2.33. The quantitative estimate of drug-likeness (QED) is 0.832. The van der Waals surface area contributed by atoms with Crippen LogP contribution in [0.15, 0.2) is 42.5 Å². The molecule has 0 aliphatic carbocycles. The van der Waals surface area contributed by atoms with E-state index >= 15 is 0 Å². The molecule has 0 radical (unpaired) electrons. The van der Waals surface area contributed by atoms with Crippen molar-refractivity contribution in [1.29, 1.82) is 0 Å². The third-order valence-corrected chi connectivity index (χ3v) is 4.86. The van der Waals surface area contributed by atoms with Gasteiger partial charge in [-0.05, 0) is 30.7 Å². The fourth-order valence-corrected chi connectivity index (χ4v) is 3.40. The molecule has 1 aliphatic rings. The van der Waals surface area contributed by atoms with Gasteiger partial charge in [0.05, 0.1) is 30.0 Å². The number of carbonyl (C=O) groups is 3. The Morgan fingerprint density at radius 3 is 2.61 bits per heavy atom. The maximum absolute atomic E-state index is 12.8. The molecule has 0 spiro atoms. The minimum atomic E-state index is -0.518. The number of nitrogens with one attached hydrogen (secondary N) is 2. The van der Waals surface area contributed by atoms with Crippen molar-refractivity contribution in [3.63, 3.8) is 0 Å². The third kappa shape index (κ3) is 3.69. The molecule has 3 amide bonds. The number of nitrogens with zero attached hydrogens (tertiary/aromatic N) is 1. The molecule has 0 aromatic heterocycles. The predicted octanol–water partition coefficient (Wildman–Crippen LogP) is 2.35. The van der Waals surface area contributed by atoms with Crippen molar-refractivity contribution in [2.24, 2.45) is 5.92 Å². The summed E-state index contributed by atoms with van der Waals surface area (Å²) in [4.78, 5) is 39.1. The Morgan fingerprint density at radius 1 is 1.14 bits per heavy atom. The van der Waals surface area contributed by atoms with Crippen molar-refractivity contribution >= 4 is 29.1 Å². The lowest BCUT2D eigenvalue weighted by atomic mass is 10.0. The second kappa shape index (κ2) is 8.12. The molecule has 0 bridgehead atoms. The average Bonchev–Trinajstić information content (AvgIpc) is 3.09. The van der Waals surface area contributed by atoms with Crippen LogP contribution in [-0.2, 0) is 9.59 Å². The van der Waals surface area contributed by atoms with E-state index in [1.165, 1.54) is 0 Å². The van der Waals surface area contributed by atoms with Gasteiger partial charge in [-0.25, -0.2) is 0 Å². The first-order valence-corrected chi connectivity index (χ1v) is 9.02. The second-order valence-corrected chi connectivity index (χ2v) is 6.64. The number of aryl methyl sites for hydroxylation is 1. The van der Waals surface area contributed by atoms with Gasteiger partial charge in [0.1, 0.15) is 5.75 Å². The van der Waals surface area contributed by atoms with Crippen LogP contribution in [0.4, 0.5) is 11.4 Å². The highest BCUT2D eigenvalue weighted by atomic mass is 16.5. The highest BCUT2D eigenvalue weighted by molar-refractivity contribution is 6.08. The van der Waals surface area contributed by atoms with Crippen LogP contribution in [0.1, 0.15) is 22.3 Å². The lowest BCUT2D eigenvalue weighted by Gasteiger charge is -2.19. The number of benzene rings is 2. The van der Waals surface area contributed by atoms with Crippen molar-refractivity contribution in [1.82, 2.24) is 5.32 Å². The van der Waals surface area contributed by atoms with Gasteiger partial charge in [-0.3, -0.25) is 14.4 Å². The monoisotopic (exact) mass is 381 g/mol. The van der Waals surface area contributed by atoms with Gasteiger partial charge in [0.25, 0.3) is 5.91 Å². The smallest absolute Gasteiger partial charge is 0.253 e. The lowest BCUT2D eigenvalue weighted by molar-refractivity contribution is -0.122. The molecule has 7 heteroatoms. The summed E-state index contributed by atoms with van der Waals surface area (Å²) in [5.74, 6) is -0.638. The number of hydrogen-bond donors (Lipinski definition) is 2. The predicted molar refractivity (Wildman–Crippen MR) is 107 cm³/mol. The van der Waals surface area contributed by atoms with Crippen LogP contribution in [0.25, 0.3) is 0 Å². The van der Waals surface area contributed by atoms with Gasteiger partial charge in [-0.1, -0.05) is 24.3 Å². The molecule has 1 atom stereocenters. The van der Waals surface area contributed by atoms with E-state index < -0.39 is 5.92 Å². The van der Waals surface area contributed by atoms with Crippen molar-refractivity contribution in [2.75, 3.05) is 30.9 Å². The molecule has 1 saturated heterocycles. The van der Waals surface area contributed by atoms with Gasteiger partial charge in [-0.15, -0.1) is 0 Å². The number of methoxy groups -OCH3 is 1. The average molecular weight is 381 g/mol. The molecule has 3 rings (SSSR count). The molecule has 1 unspecified atom stereocenters. The first-order valence-electron chi connectivity index (χ1n) is 9.02. The Labute approximate surface area is 163 Å². The maximum Gasteiger partial charge on any atom is 0.253 e. The summed E-state index contributed by atoms with van der Waals surface area (Å²) in [5.41, 5.74) is 2.26. The number of rotatable bonds is 5. The summed E-state index contributed by atoms with van der Waals surface area (Å²) in [6.45, 7) is 2.06. The zero-order chi connectivity index (χ0) is 20.3. The Hall–Kier alpha value is -3.35. The van der Waals surface area contributed by atoms with Crippen molar-refractivity contribution < 1.29 is 19.1 Å². The van der Waals surface area contributed by atoms with Crippen LogP contribution < -0.4 is 20.3 Å². The molecule has 1 aliphatic heterocycles. The lowest BCUT2D eigenvalue weighted by Crippen LogP contribution is -2.29. The highest BCUT2D eigenvalue weighted by Gasteiger charge is 2.36. The van der Waals surface area contributed by atoms with E-state index in [4.69, 9.17) is 4.74 Å². The summed E-state index contributed by atoms with van der Waals surface area (Å²) in [6.07, 6.45) is 0.102. The summed E-state index contributed by atoms with van der Waals surface area (Å²) in [5, 5.41) is 5.41. The Morgan fingerprint density at radius 2 is 1.89 bits per heavy atom. The summed E-state index contributed by atoms with van der Waals surface area (Å²) < 4.78 is 5.33. The molecule has 28 heavy (non-hydrogen) atoms. The standard InChI is InChI=1S/C21H23N3O4/c1-13-7-6-8-15(19(13)21(27)22-2)23-20(26)14-11-18(25)24(12-14)16-9-4-5-10-17(16)28-3/h4-10,14H,11-12H2,1-3H3,(H,22,27)(H,23,26). The number of para-hydroxylation sites is 2. The van der Waals surface area contributed by atoms with Gasteiger partial charge in [-0.2, -0.15) is 0 Å². The number of anilines is 2. The minimum absolute atomic E-state index is 0.102. The molecule has 7 nitrogen and oxygen atoms in total. The van der Waals surface area contributed by atoms with Crippen LogP contribution in [-0.4, -0.2) is 38.4 Å². The van der Waals surface area contributed by atoms with Gasteiger partial charge in [0, 0.05) is 20.0 Å². The summed E-state index contributed by atoms with van der Waals surface area (Å²) in [6, 6.07) is 12.5. The molecule has 1 heterocycles. The fraction of sp³-hybridized carbons (Fsp3) is 0.286. The van der Waals surface area contributed by atoms with E-state index in [1.54, 1.807) is 43.3 Å². The maximum atomic E-state index is 12.8. The molecule has 146 valence electrons. The van der Waals surface area contributed by atoms with E-state index in [2.05, 4.69) is 10.6 Å². The van der Waals surface area contributed by atoms with Gasteiger partial charge in [0.15, 0.2) is 0 Å². The molecular weight excluding hydrogens is 358 g/mol. The van der Waals surface area contributed by atoms with E-state index in [1.807, 2.05) is 25.1 Å². The van der Waals surface area contributed by atoms with Crippen LogP contribution in [0.2, 0.25) is 0 Å². The normalized spacial score (nSPS) is 16.0. The topological polar surface area (TPSA) is 87.7 Å². The van der Waals surface area contributed by atoms with Gasteiger partial charge >= 0.3 is 0 Å². The fourth-order valence-electron chi connectivity index (χ4n) is 3.40. The third-order valence-electron chi connectivity index (χ3n) is 4.86. The largest absolute Gasteiger partial charge is 0.495 e. The number of amides is 3. The number of hydrogen-bond acceptors (Lipinski definition) is 4. The van der Waals surface area contributed by atoms with Gasteiger partial charge in [0.2, 0.25) is 11.8 Å². The van der Waals surface area contributed by atoms with Gasteiger partial charge < -0.3 is 20.3 Å². The zero-order valence-corrected chi connectivity index (χ0v) is 16.1. The molecule has 2 aromatic carbocycles. The van der Waals surface area contributed by atoms with Crippen molar-refractivity contribution in [3.8, 4) is 5.75 Å². The molecule has 2 aromatic rings. The molecule has 1 fully saturated rings. The second-order valence-electron chi connectivity index (χ2n) is 6.64. The van der Waals surface area contributed by atoms with Crippen molar-refractivity contribution in [2.45, 2.75) is 13.3 Å². The van der Waals surface area contributed by atoms with Crippen LogP contribution in [0.3, 0.4) is 0 Å². The Balaban J connectivity index is 1.79. The van der Waals surface area contributed by atoms with E-state index in [0.717, 1.165) is 5.56 Å². The van der Waals surface area contributed by atoms with E-state index in [9.17, 15) is 14.4 Å². The Kier molecular flexibility index (Phi) is 5.63. The molecule has 0 saturated carbocycles. The zero-order valence-electron chi connectivity index (χ0n) is 16.1. The Bertz CT molecular complexity index is 926. The summed E-state index contributed by atoms with van der Waals surface area (Å²) in [7, 11) is 3.09. The van der Waals surface area contributed by atoms with Crippen molar-refractivity contribution in [3.05, 3.63) is 53.6 Å².